The summed E-state index contributed by atoms with van der Waals surface area (Å²) in [5, 5.41) is 3.75. The average Bonchev–Trinajstić information content (AvgIpc) is 2.65. The molecule has 2 amide bonds. The molecule has 1 saturated heterocycles. The van der Waals surface area contributed by atoms with E-state index < -0.39 is 0 Å². The lowest BCUT2D eigenvalue weighted by Gasteiger charge is -2.33. The van der Waals surface area contributed by atoms with Crippen molar-refractivity contribution < 1.29 is 14.3 Å². The molecule has 9 heteroatoms. The minimum atomic E-state index is -0.292. The van der Waals surface area contributed by atoms with Crippen LogP contribution in [0.1, 0.15) is 25.3 Å². The molecule has 26 heavy (non-hydrogen) atoms. The van der Waals surface area contributed by atoms with Crippen LogP contribution in [0.25, 0.3) is 0 Å². The maximum atomic E-state index is 12.6. The van der Waals surface area contributed by atoms with Gasteiger partial charge in [0.05, 0.1) is 12.5 Å². The zero-order valence-electron chi connectivity index (χ0n) is 15.1. The molecular formula is C17H24N4O4S. The number of aryl methyl sites for hydroxylation is 1. The van der Waals surface area contributed by atoms with Crippen molar-refractivity contribution in [2.45, 2.75) is 44.4 Å². The predicted octanol–water partition coefficient (Wildman–Crippen LogP) is 1.01. The Morgan fingerprint density at radius 3 is 2.81 bits per heavy atom. The fourth-order valence-corrected chi connectivity index (χ4v) is 4.25. The second-order valence-corrected chi connectivity index (χ2v) is 7.60. The maximum absolute atomic E-state index is 12.6. The van der Waals surface area contributed by atoms with Crippen molar-refractivity contribution in [2.24, 2.45) is 5.92 Å². The van der Waals surface area contributed by atoms with Gasteiger partial charge in [0, 0.05) is 43.2 Å². The zero-order valence-corrected chi connectivity index (χ0v) is 15.9. The Bertz CT molecular complexity index is 743. The summed E-state index contributed by atoms with van der Waals surface area (Å²) in [4.78, 5) is 42.6. The molecule has 0 radical (unpaired) electrons. The second-order valence-electron chi connectivity index (χ2n) is 6.62. The van der Waals surface area contributed by atoms with Gasteiger partial charge >= 0.3 is 6.09 Å². The number of hydrogen-bond donors (Lipinski definition) is 1. The Hall–Kier alpha value is -2.03. The summed E-state index contributed by atoms with van der Waals surface area (Å²) < 4.78 is 6.60. The molecule has 1 aromatic rings. The number of carbonyl (C=O) groups is 2. The summed E-state index contributed by atoms with van der Waals surface area (Å²) in [5.74, 6) is 0.325. The number of likely N-dealkylation sites (tertiary alicyclic amines) is 1. The van der Waals surface area contributed by atoms with Crippen LogP contribution < -0.4 is 10.9 Å². The standard InChI is InChI=1S/C17H24N4O4S/c1-3-25-17(24)20-6-4-13(5-7-20)19-14(22)12-9-21-15(23)11(2)8-18-16(21)26-10-12/h8,12-13H,3-7,9-10H2,1-2H3,(H,19,22)/t12-/m1/s1. The summed E-state index contributed by atoms with van der Waals surface area (Å²) >= 11 is 1.44. The van der Waals surface area contributed by atoms with Crippen molar-refractivity contribution >= 4 is 23.8 Å². The Balaban J connectivity index is 1.54. The summed E-state index contributed by atoms with van der Waals surface area (Å²) in [6, 6.07) is 0.0481. The molecule has 1 aromatic heterocycles. The van der Waals surface area contributed by atoms with Gasteiger partial charge in [-0.3, -0.25) is 14.2 Å². The van der Waals surface area contributed by atoms with Gasteiger partial charge in [0.25, 0.3) is 5.56 Å². The highest BCUT2D eigenvalue weighted by molar-refractivity contribution is 7.99. The van der Waals surface area contributed by atoms with Crippen LogP contribution >= 0.6 is 11.8 Å². The molecule has 8 nitrogen and oxygen atoms in total. The van der Waals surface area contributed by atoms with Gasteiger partial charge in [-0.2, -0.15) is 0 Å². The van der Waals surface area contributed by atoms with Crippen LogP contribution in [0.4, 0.5) is 4.79 Å². The van der Waals surface area contributed by atoms with E-state index in [2.05, 4.69) is 10.3 Å². The van der Waals surface area contributed by atoms with E-state index in [0.717, 1.165) is 0 Å². The molecule has 142 valence electrons. The number of rotatable bonds is 3. The van der Waals surface area contributed by atoms with Crippen LogP contribution in [0.15, 0.2) is 16.1 Å². The van der Waals surface area contributed by atoms with Crippen molar-refractivity contribution in [3.8, 4) is 0 Å². The minimum absolute atomic E-state index is 0.0360. The normalized spacial score (nSPS) is 20.4. The lowest BCUT2D eigenvalue weighted by molar-refractivity contribution is -0.125. The van der Waals surface area contributed by atoms with Crippen LogP contribution in [-0.2, 0) is 16.1 Å². The smallest absolute Gasteiger partial charge is 0.409 e. The van der Waals surface area contributed by atoms with Crippen molar-refractivity contribution in [1.82, 2.24) is 19.8 Å². The van der Waals surface area contributed by atoms with E-state index in [1.54, 1.807) is 29.5 Å². The largest absolute Gasteiger partial charge is 0.450 e. The van der Waals surface area contributed by atoms with Crippen LogP contribution in [0, 0.1) is 12.8 Å². The first-order chi connectivity index (χ1) is 12.5. The third-order valence-corrected chi connectivity index (χ3v) is 5.89. The van der Waals surface area contributed by atoms with E-state index in [1.165, 1.54) is 11.8 Å². The van der Waals surface area contributed by atoms with Crippen molar-refractivity contribution in [3.63, 3.8) is 0 Å². The molecule has 0 spiro atoms. The summed E-state index contributed by atoms with van der Waals surface area (Å²) in [5.41, 5.74) is 0.504. The number of amides is 2. The van der Waals surface area contributed by atoms with E-state index in [0.29, 0.717) is 55.6 Å². The quantitative estimate of drug-likeness (QED) is 0.787. The summed E-state index contributed by atoms with van der Waals surface area (Å²) in [6.45, 7) is 5.40. The zero-order chi connectivity index (χ0) is 18.7. The number of ether oxygens (including phenoxy) is 1. The predicted molar refractivity (Wildman–Crippen MR) is 97.2 cm³/mol. The van der Waals surface area contributed by atoms with E-state index in [-0.39, 0.29) is 29.5 Å². The maximum Gasteiger partial charge on any atom is 0.409 e. The number of carbonyl (C=O) groups excluding carboxylic acids is 2. The number of thioether (sulfide) groups is 1. The summed E-state index contributed by atoms with van der Waals surface area (Å²) in [7, 11) is 0. The van der Waals surface area contributed by atoms with Crippen LogP contribution in [0.3, 0.4) is 0 Å². The highest BCUT2D eigenvalue weighted by Gasteiger charge is 2.30. The van der Waals surface area contributed by atoms with Gasteiger partial charge in [-0.25, -0.2) is 9.78 Å². The molecule has 2 aliphatic heterocycles. The van der Waals surface area contributed by atoms with Gasteiger partial charge in [-0.1, -0.05) is 11.8 Å². The molecule has 0 aliphatic carbocycles. The van der Waals surface area contributed by atoms with Gasteiger partial charge in [0.2, 0.25) is 5.91 Å². The van der Waals surface area contributed by atoms with Gasteiger partial charge in [0.1, 0.15) is 0 Å². The van der Waals surface area contributed by atoms with Crippen molar-refractivity contribution in [1.29, 1.82) is 0 Å². The number of fused-ring (bicyclic) bond motifs is 1. The number of nitrogens with zero attached hydrogens (tertiary/aromatic N) is 3. The summed E-state index contributed by atoms with van der Waals surface area (Å²) in [6.07, 6.45) is 2.71. The first-order valence-electron chi connectivity index (χ1n) is 8.91. The monoisotopic (exact) mass is 380 g/mol. The molecule has 1 N–H and O–H groups in total. The van der Waals surface area contributed by atoms with Crippen molar-refractivity contribution in [2.75, 3.05) is 25.4 Å². The topological polar surface area (TPSA) is 93.5 Å². The highest BCUT2D eigenvalue weighted by Crippen LogP contribution is 2.25. The molecule has 0 aromatic carbocycles. The Morgan fingerprint density at radius 2 is 2.12 bits per heavy atom. The molecule has 1 atom stereocenters. The van der Waals surface area contributed by atoms with E-state index in [1.807, 2.05) is 0 Å². The Kier molecular flexibility index (Phi) is 5.85. The lowest BCUT2D eigenvalue weighted by atomic mass is 10.0. The van der Waals surface area contributed by atoms with Gasteiger partial charge in [-0.15, -0.1) is 0 Å². The molecule has 3 heterocycles. The molecule has 1 fully saturated rings. The molecule has 3 rings (SSSR count). The highest BCUT2D eigenvalue weighted by atomic mass is 32.2. The average molecular weight is 380 g/mol. The SMILES string of the molecule is CCOC(=O)N1CCC(NC(=O)[C@H]2CSc3ncc(C)c(=O)n3C2)CC1. The fourth-order valence-electron chi connectivity index (χ4n) is 3.20. The van der Waals surface area contributed by atoms with Crippen molar-refractivity contribution in [3.05, 3.63) is 22.1 Å². The number of aromatic nitrogens is 2. The third kappa shape index (κ3) is 4.03. The Labute approximate surface area is 156 Å². The van der Waals surface area contributed by atoms with Crippen LogP contribution in [0.5, 0.6) is 0 Å². The fraction of sp³-hybridized carbons (Fsp3) is 0.647. The number of nitrogens with one attached hydrogen (secondary N) is 1. The molecule has 0 bridgehead atoms. The van der Waals surface area contributed by atoms with Crippen LogP contribution in [-0.4, -0.2) is 57.9 Å². The Morgan fingerprint density at radius 1 is 1.38 bits per heavy atom. The van der Waals surface area contributed by atoms with E-state index in [4.69, 9.17) is 4.74 Å². The second kappa shape index (κ2) is 8.11. The first kappa shape index (κ1) is 18.8. The van der Waals surface area contributed by atoms with Crippen LogP contribution in [0.2, 0.25) is 0 Å². The molecule has 2 aliphatic rings. The van der Waals surface area contributed by atoms with E-state index >= 15 is 0 Å². The van der Waals surface area contributed by atoms with E-state index in [9.17, 15) is 14.4 Å². The minimum Gasteiger partial charge on any atom is -0.450 e. The number of hydrogen-bond acceptors (Lipinski definition) is 6. The van der Waals surface area contributed by atoms with Gasteiger partial charge in [-0.05, 0) is 26.7 Å². The third-order valence-electron chi connectivity index (χ3n) is 4.74. The lowest BCUT2D eigenvalue weighted by Crippen LogP contribution is -2.49. The molecule has 0 saturated carbocycles. The number of piperidine rings is 1. The molecule has 0 unspecified atom stereocenters. The van der Waals surface area contributed by atoms with Gasteiger partial charge < -0.3 is 15.0 Å². The molecular weight excluding hydrogens is 356 g/mol. The van der Waals surface area contributed by atoms with Gasteiger partial charge in [0.15, 0.2) is 5.16 Å². The first-order valence-corrected chi connectivity index (χ1v) is 9.89.